The Morgan fingerprint density at radius 1 is 1.16 bits per heavy atom. The lowest BCUT2D eigenvalue weighted by molar-refractivity contribution is 0.190. The summed E-state index contributed by atoms with van der Waals surface area (Å²) in [7, 11) is -3.47. The lowest BCUT2D eigenvalue weighted by Gasteiger charge is -2.20. The van der Waals surface area contributed by atoms with Crippen molar-refractivity contribution in [2.45, 2.75) is 44.0 Å². The Balaban J connectivity index is 1.88. The smallest absolute Gasteiger partial charge is 0.163 e. The van der Waals surface area contributed by atoms with E-state index in [0.717, 1.165) is 28.7 Å². The van der Waals surface area contributed by atoms with Crippen molar-refractivity contribution in [3.05, 3.63) is 76.9 Å². The summed E-state index contributed by atoms with van der Waals surface area (Å²) in [5.74, 6) is 0.0980. The fourth-order valence-electron chi connectivity index (χ4n) is 4.24. The van der Waals surface area contributed by atoms with Gasteiger partial charge in [-0.15, -0.1) is 0 Å². The molecule has 166 valence electrons. The van der Waals surface area contributed by atoms with Gasteiger partial charge in [0.05, 0.1) is 18.5 Å². The molecule has 0 bridgehead atoms. The van der Waals surface area contributed by atoms with Gasteiger partial charge in [-0.1, -0.05) is 67.5 Å². The number of phenols is 1. The zero-order valence-corrected chi connectivity index (χ0v) is 18.6. The second-order valence-corrected chi connectivity index (χ2v) is 10.2. The van der Waals surface area contributed by atoms with Gasteiger partial charge in [-0.05, 0) is 53.7 Å². The molecule has 3 rings (SSSR count). The van der Waals surface area contributed by atoms with Crippen molar-refractivity contribution in [3.8, 4) is 5.75 Å². The summed E-state index contributed by atoms with van der Waals surface area (Å²) in [5, 5.41) is 29.5. The molecule has 0 aromatic heterocycles. The number of allylic oxidation sites excluding steroid dienone is 1. The highest BCUT2D eigenvalue weighted by Crippen LogP contribution is 2.35. The average Bonchev–Trinajstić information content (AvgIpc) is 3.01. The molecule has 1 heterocycles. The predicted octanol–water partition coefficient (Wildman–Crippen LogP) is 3.96. The molecule has 0 saturated carbocycles. The molecule has 0 fully saturated rings. The van der Waals surface area contributed by atoms with E-state index in [-0.39, 0.29) is 11.5 Å². The van der Waals surface area contributed by atoms with Crippen LogP contribution >= 0.6 is 0 Å². The molecule has 6 heteroatoms. The summed E-state index contributed by atoms with van der Waals surface area (Å²) in [4.78, 5) is 0. The van der Waals surface area contributed by atoms with Crippen molar-refractivity contribution in [2.24, 2.45) is 0 Å². The Morgan fingerprint density at radius 3 is 2.55 bits per heavy atom. The van der Waals surface area contributed by atoms with Crippen LogP contribution in [0.15, 0.2) is 65.7 Å². The van der Waals surface area contributed by atoms with Gasteiger partial charge in [0.25, 0.3) is 0 Å². The van der Waals surface area contributed by atoms with Crippen LogP contribution in [0.5, 0.6) is 5.75 Å². The molecule has 2 aromatic carbocycles. The second-order valence-electron chi connectivity index (χ2n) is 7.97. The summed E-state index contributed by atoms with van der Waals surface area (Å²) < 4.78 is 25.0. The number of sulfone groups is 1. The lowest BCUT2D eigenvalue weighted by Crippen LogP contribution is -2.29. The van der Waals surface area contributed by atoms with Crippen LogP contribution in [-0.4, -0.2) is 47.5 Å². The van der Waals surface area contributed by atoms with Gasteiger partial charge in [-0.3, -0.25) is 0 Å². The van der Waals surface area contributed by atoms with Crippen molar-refractivity contribution in [2.75, 3.05) is 12.4 Å². The van der Waals surface area contributed by atoms with Gasteiger partial charge in [0.1, 0.15) is 11.0 Å². The molecule has 0 spiro atoms. The molecule has 2 aromatic rings. The predicted molar refractivity (Wildman–Crippen MR) is 124 cm³/mol. The van der Waals surface area contributed by atoms with Crippen LogP contribution in [0, 0.1) is 0 Å². The van der Waals surface area contributed by atoms with Crippen molar-refractivity contribution in [1.82, 2.24) is 0 Å². The van der Waals surface area contributed by atoms with E-state index < -0.39 is 27.8 Å². The molecule has 0 saturated heterocycles. The standard InChI is InChI=1S/C25H30O5S/c1-2-7-21-17-31(29,30)24(16-26)25(21)23(28)13-12-20(19-9-4-3-5-10-19)14-18-8-6-11-22(27)15-18/h3-6,8-11,14-15,23-24,26-28H,2,7,12-13,16-17H2,1H3/b20-14-/t23-,24+/m1/s1. The van der Waals surface area contributed by atoms with Crippen molar-refractivity contribution in [1.29, 1.82) is 0 Å². The fourth-order valence-corrected chi connectivity index (χ4v) is 6.18. The summed E-state index contributed by atoms with van der Waals surface area (Å²) in [6, 6.07) is 16.7. The number of aliphatic hydroxyl groups is 2. The molecule has 2 atom stereocenters. The maximum atomic E-state index is 12.5. The third-order valence-electron chi connectivity index (χ3n) is 5.68. The number of aliphatic hydroxyl groups excluding tert-OH is 2. The van der Waals surface area contributed by atoms with Crippen LogP contribution in [0.1, 0.15) is 43.7 Å². The third-order valence-corrected chi connectivity index (χ3v) is 7.70. The van der Waals surface area contributed by atoms with E-state index in [2.05, 4.69) is 0 Å². The molecule has 0 aliphatic carbocycles. The minimum Gasteiger partial charge on any atom is -0.508 e. The van der Waals surface area contributed by atoms with Gasteiger partial charge >= 0.3 is 0 Å². The van der Waals surface area contributed by atoms with Crippen molar-refractivity contribution < 1.29 is 23.7 Å². The molecule has 1 aliphatic heterocycles. The lowest BCUT2D eigenvalue weighted by atomic mass is 9.91. The van der Waals surface area contributed by atoms with Gasteiger partial charge < -0.3 is 15.3 Å². The van der Waals surface area contributed by atoms with E-state index >= 15 is 0 Å². The number of phenolic OH excluding ortho intramolecular Hbond substituents is 1. The molecular formula is C25H30O5S. The third kappa shape index (κ3) is 5.64. The summed E-state index contributed by atoms with van der Waals surface area (Å²) in [5.41, 5.74) is 4.04. The monoisotopic (exact) mass is 442 g/mol. The Hall–Kier alpha value is -2.41. The molecule has 0 radical (unpaired) electrons. The fraction of sp³-hybridized carbons (Fsp3) is 0.360. The highest BCUT2D eigenvalue weighted by molar-refractivity contribution is 7.92. The van der Waals surface area contributed by atoms with E-state index in [4.69, 9.17) is 0 Å². The quantitative estimate of drug-likeness (QED) is 0.404. The molecule has 1 aliphatic rings. The normalized spacial score (nSPS) is 19.6. The molecule has 31 heavy (non-hydrogen) atoms. The van der Waals surface area contributed by atoms with Gasteiger partial charge in [0, 0.05) is 0 Å². The molecule has 0 unspecified atom stereocenters. The van der Waals surface area contributed by atoms with Gasteiger partial charge in [-0.2, -0.15) is 0 Å². The van der Waals surface area contributed by atoms with Gasteiger partial charge in [0.2, 0.25) is 0 Å². The Morgan fingerprint density at radius 2 is 1.90 bits per heavy atom. The topological polar surface area (TPSA) is 94.8 Å². The first kappa shape index (κ1) is 23.3. The van der Waals surface area contributed by atoms with Crippen molar-refractivity contribution >= 4 is 21.5 Å². The largest absolute Gasteiger partial charge is 0.508 e. The second kappa shape index (κ2) is 10.3. The van der Waals surface area contributed by atoms with Gasteiger partial charge in [0.15, 0.2) is 9.84 Å². The van der Waals surface area contributed by atoms with Gasteiger partial charge in [-0.25, -0.2) is 8.42 Å². The average molecular weight is 443 g/mol. The molecular weight excluding hydrogens is 412 g/mol. The first-order chi connectivity index (χ1) is 14.9. The molecule has 0 amide bonds. The van der Waals surface area contributed by atoms with Crippen LogP contribution in [0.3, 0.4) is 0 Å². The van der Waals surface area contributed by atoms with E-state index in [1.54, 1.807) is 18.2 Å². The van der Waals surface area contributed by atoms with E-state index in [1.165, 1.54) is 0 Å². The van der Waals surface area contributed by atoms with Crippen LogP contribution in [-0.2, 0) is 9.84 Å². The minimum absolute atomic E-state index is 0.0802. The van der Waals surface area contributed by atoms with Crippen LogP contribution in [0.4, 0.5) is 0 Å². The van der Waals surface area contributed by atoms with Crippen molar-refractivity contribution in [3.63, 3.8) is 0 Å². The number of rotatable bonds is 9. The molecule has 5 nitrogen and oxygen atoms in total. The zero-order valence-electron chi connectivity index (χ0n) is 17.7. The number of hydrogen-bond donors (Lipinski definition) is 3. The highest BCUT2D eigenvalue weighted by atomic mass is 32.2. The van der Waals surface area contributed by atoms with E-state index in [9.17, 15) is 23.7 Å². The number of hydrogen-bond acceptors (Lipinski definition) is 5. The van der Waals surface area contributed by atoms with Crippen LogP contribution in [0.25, 0.3) is 11.6 Å². The van der Waals surface area contributed by atoms with Crippen LogP contribution in [0.2, 0.25) is 0 Å². The first-order valence-corrected chi connectivity index (χ1v) is 12.3. The Kier molecular flexibility index (Phi) is 7.70. The zero-order chi connectivity index (χ0) is 22.4. The molecule has 3 N–H and O–H groups in total. The minimum atomic E-state index is -3.47. The number of benzene rings is 2. The SMILES string of the molecule is CCCC1=C([C@H](O)CC/C(=C/c2cccc(O)c2)c2ccccc2)[C@H](CO)S(=O)(=O)C1. The summed E-state index contributed by atoms with van der Waals surface area (Å²) >= 11 is 0. The van der Waals surface area contributed by atoms with E-state index in [1.807, 2.05) is 49.4 Å². The Bertz CT molecular complexity index is 1050. The maximum Gasteiger partial charge on any atom is 0.163 e. The number of aromatic hydroxyl groups is 1. The van der Waals surface area contributed by atoms with E-state index in [0.29, 0.717) is 24.8 Å². The summed E-state index contributed by atoms with van der Waals surface area (Å²) in [6.45, 7) is 1.47. The Labute approximate surface area is 184 Å². The maximum absolute atomic E-state index is 12.5. The first-order valence-electron chi connectivity index (χ1n) is 10.6. The summed E-state index contributed by atoms with van der Waals surface area (Å²) in [6.07, 6.45) is 3.28. The highest BCUT2D eigenvalue weighted by Gasteiger charge is 2.40. The van der Waals surface area contributed by atoms with Crippen LogP contribution < -0.4 is 0 Å².